The van der Waals surface area contributed by atoms with Crippen LogP contribution < -0.4 is 0 Å². The minimum absolute atomic E-state index is 0.798. The van der Waals surface area contributed by atoms with Gasteiger partial charge in [0.25, 0.3) is 0 Å². The quantitative estimate of drug-likeness (QED) is 0.690. The van der Waals surface area contributed by atoms with E-state index < -0.39 is 0 Å². The standard InChI is InChI=1S/C11H14N2O/c1-14-9-3-7-13-8-5-10-4-2-6-12-11(10)13/h2,4-6,8H,3,7,9H2,1H3. The number of pyridine rings is 1. The lowest BCUT2D eigenvalue weighted by Gasteiger charge is -2.03. The average molecular weight is 190 g/mol. The van der Waals surface area contributed by atoms with Crippen LogP contribution in [0.25, 0.3) is 11.0 Å². The molecule has 14 heavy (non-hydrogen) atoms. The monoisotopic (exact) mass is 190 g/mol. The number of aromatic nitrogens is 2. The summed E-state index contributed by atoms with van der Waals surface area (Å²) < 4.78 is 7.18. The van der Waals surface area contributed by atoms with Crippen molar-refractivity contribution in [1.29, 1.82) is 0 Å². The van der Waals surface area contributed by atoms with Crippen molar-refractivity contribution < 1.29 is 4.74 Å². The van der Waals surface area contributed by atoms with Crippen molar-refractivity contribution in [3.05, 3.63) is 30.6 Å². The summed E-state index contributed by atoms with van der Waals surface area (Å²) in [4.78, 5) is 4.34. The molecule has 3 nitrogen and oxygen atoms in total. The van der Waals surface area contributed by atoms with Crippen molar-refractivity contribution >= 4 is 11.0 Å². The van der Waals surface area contributed by atoms with Crippen molar-refractivity contribution in [3.8, 4) is 0 Å². The van der Waals surface area contributed by atoms with Gasteiger partial charge in [-0.15, -0.1) is 0 Å². The summed E-state index contributed by atoms with van der Waals surface area (Å²) in [5.74, 6) is 0. The molecular formula is C11H14N2O. The number of nitrogens with zero attached hydrogens (tertiary/aromatic N) is 2. The van der Waals surface area contributed by atoms with Crippen LogP contribution in [0.4, 0.5) is 0 Å². The largest absolute Gasteiger partial charge is 0.385 e. The Morgan fingerprint density at radius 1 is 1.43 bits per heavy atom. The first-order valence-corrected chi connectivity index (χ1v) is 4.80. The predicted molar refractivity (Wildman–Crippen MR) is 56.2 cm³/mol. The molecule has 0 N–H and O–H groups in total. The highest BCUT2D eigenvalue weighted by Crippen LogP contribution is 2.12. The molecule has 0 aliphatic carbocycles. The first kappa shape index (κ1) is 9.21. The molecule has 0 saturated heterocycles. The van der Waals surface area contributed by atoms with E-state index in [0.717, 1.165) is 25.2 Å². The maximum atomic E-state index is 5.02. The summed E-state index contributed by atoms with van der Waals surface area (Å²) in [6, 6.07) is 6.13. The molecule has 2 aromatic rings. The van der Waals surface area contributed by atoms with Gasteiger partial charge in [0, 0.05) is 38.0 Å². The molecule has 0 atom stereocenters. The second-order valence-corrected chi connectivity index (χ2v) is 3.27. The van der Waals surface area contributed by atoms with Crippen molar-refractivity contribution in [2.45, 2.75) is 13.0 Å². The molecule has 0 spiro atoms. The van der Waals surface area contributed by atoms with E-state index in [-0.39, 0.29) is 0 Å². The van der Waals surface area contributed by atoms with Crippen LogP contribution in [0.2, 0.25) is 0 Å². The summed E-state index contributed by atoms with van der Waals surface area (Å²) in [6.07, 6.45) is 4.93. The van der Waals surface area contributed by atoms with Crippen molar-refractivity contribution in [3.63, 3.8) is 0 Å². The molecule has 3 heteroatoms. The molecule has 0 bridgehead atoms. The number of ether oxygens (including phenoxy) is 1. The van der Waals surface area contributed by atoms with E-state index >= 15 is 0 Å². The van der Waals surface area contributed by atoms with Gasteiger partial charge in [-0.05, 0) is 24.6 Å². The lowest BCUT2D eigenvalue weighted by atomic mass is 10.3. The maximum Gasteiger partial charge on any atom is 0.139 e. The molecule has 0 aliphatic heterocycles. The van der Waals surface area contributed by atoms with Gasteiger partial charge >= 0.3 is 0 Å². The maximum absolute atomic E-state index is 5.02. The summed E-state index contributed by atoms with van der Waals surface area (Å²) >= 11 is 0. The second-order valence-electron chi connectivity index (χ2n) is 3.27. The Morgan fingerprint density at radius 3 is 3.21 bits per heavy atom. The number of hydrogen-bond donors (Lipinski definition) is 0. The average Bonchev–Trinajstić information content (AvgIpc) is 2.63. The molecule has 0 radical (unpaired) electrons. The lowest BCUT2D eigenvalue weighted by Crippen LogP contribution is -2.00. The highest BCUT2D eigenvalue weighted by atomic mass is 16.5. The minimum Gasteiger partial charge on any atom is -0.385 e. The van der Waals surface area contributed by atoms with E-state index in [9.17, 15) is 0 Å². The van der Waals surface area contributed by atoms with E-state index in [2.05, 4.69) is 27.9 Å². The summed E-state index contributed by atoms with van der Waals surface area (Å²) in [5, 5.41) is 1.20. The third kappa shape index (κ3) is 1.77. The van der Waals surface area contributed by atoms with E-state index in [0.29, 0.717) is 0 Å². The highest BCUT2D eigenvalue weighted by molar-refractivity contribution is 5.75. The van der Waals surface area contributed by atoms with Crippen molar-refractivity contribution in [1.82, 2.24) is 9.55 Å². The SMILES string of the molecule is COCCCn1ccc2cccnc21. The van der Waals surface area contributed by atoms with Crippen molar-refractivity contribution in [2.75, 3.05) is 13.7 Å². The van der Waals surface area contributed by atoms with Gasteiger partial charge < -0.3 is 9.30 Å². The normalized spacial score (nSPS) is 10.9. The van der Waals surface area contributed by atoms with E-state index in [1.807, 2.05) is 12.3 Å². The van der Waals surface area contributed by atoms with E-state index in [4.69, 9.17) is 4.74 Å². The fourth-order valence-corrected chi connectivity index (χ4v) is 1.58. The number of rotatable bonds is 4. The van der Waals surface area contributed by atoms with Gasteiger partial charge in [-0.25, -0.2) is 4.98 Å². The van der Waals surface area contributed by atoms with Gasteiger partial charge in [0.1, 0.15) is 5.65 Å². The van der Waals surface area contributed by atoms with Gasteiger partial charge in [0.2, 0.25) is 0 Å². The molecule has 2 rings (SSSR count). The fraction of sp³-hybridized carbons (Fsp3) is 0.364. The predicted octanol–water partition coefficient (Wildman–Crippen LogP) is 2.07. The first-order valence-electron chi connectivity index (χ1n) is 4.80. The van der Waals surface area contributed by atoms with Crippen LogP contribution in [0.1, 0.15) is 6.42 Å². The van der Waals surface area contributed by atoms with Crippen LogP contribution in [-0.4, -0.2) is 23.3 Å². The van der Waals surface area contributed by atoms with Gasteiger partial charge in [0.15, 0.2) is 0 Å². The molecule has 0 aliphatic rings. The zero-order chi connectivity index (χ0) is 9.80. The molecule has 0 amide bonds. The summed E-state index contributed by atoms with van der Waals surface area (Å²) in [6.45, 7) is 1.76. The van der Waals surface area contributed by atoms with Crippen molar-refractivity contribution in [2.24, 2.45) is 0 Å². The van der Waals surface area contributed by atoms with E-state index in [1.165, 1.54) is 5.39 Å². The van der Waals surface area contributed by atoms with E-state index in [1.54, 1.807) is 7.11 Å². The number of methoxy groups -OCH3 is 1. The summed E-state index contributed by atoms with van der Waals surface area (Å²) in [7, 11) is 1.73. The Hall–Kier alpha value is -1.35. The van der Waals surface area contributed by atoms with Crippen LogP contribution in [0.15, 0.2) is 30.6 Å². The zero-order valence-electron chi connectivity index (χ0n) is 8.31. The Labute approximate surface area is 83.3 Å². The number of aryl methyl sites for hydroxylation is 1. The molecule has 74 valence electrons. The van der Waals surface area contributed by atoms with Crippen LogP contribution in [0.3, 0.4) is 0 Å². The number of hydrogen-bond acceptors (Lipinski definition) is 2. The smallest absolute Gasteiger partial charge is 0.139 e. The fourth-order valence-electron chi connectivity index (χ4n) is 1.58. The second kappa shape index (κ2) is 4.24. The Bertz CT molecular complexity index is 408. The molecule has 0 fully saturated rings. The molecular weight excluding hydrogens is 176 g/mol. The minimum atomic E-state index is 0.798. The Balaban J connectivity index is 2.17. The molecule has 0 saturated carbocycles. The topological polar surface area (TPSA) is 27.1 Å². The zero-order valence-corrected chi connectivity index (χ0v) is 8.31. The molecule has 0 unspecified atom stereocenters. The van der Waals surface area contributed by atoms with Gasteiger partial charge in [-0.2, -0.15) is 0 Å². The lowest BCUT2D eigenvalue weighted by molar-refractivity contribution is 0.190. The van der Waals surface area contributed by atoms with Gasteiger partial charge in [-0.1, -0.05) is 0 Å². The first-order chi connectivity index (χ1) is 6.92. The third-order valence-corrected chi connectivity index (χ3v) is 2.27. The summed E-state index contributed by atoms with van der Waals surface area (Å²) in [5.41, 5.74) is 1.06. The Morgan fingerprint density at radius 2 is 2.36 bits per heavy atom. The van der Waals surface area contributed by atoms with Crippen LogP contribution in [0.5, 0.6) is 0 Å². The number of fused-ring (bicyclic) bond motifs is 1. The molecule has 2 heterocycles. The molecule has 2 aromatic heterocycles. The van der Waals surface area contributed by atoms with Crippen LogP contribution in [-0.2, 0) is 11.3 Å². The van der Waals surface area contributed by atoms with Gasteiger partial charge in [0.05, 0.1) is 0 Å². The van der Waals surface area contributed by atoms with Crippen LogP contribution in [0, 0.1) is 0 Å². The molecule has 0 aromatic carbocycles. The third-order valence-electron chi connectivity index (χ3n) is 2.27. The van der Waals surface area contributed by atoms with Gasteiger partial charge in [-0.3, -0.25) is 0 Å². The van der Waals surface area contributed by atoms with Crippen LogP contribution >= 0.6 is 0 Å². The highest BCUT2D eigenvalue weighted by Gasteiger charge is 1.99. The Kier molecular flexibility index (Phi) is 2.79.